The Balaban J connectivity index is 2.84. The van der Waals surface area contributed by atoms with Gasteiger partial charge in [0.05, 0.1) is 13.2 Å². The van der Waals surface area contributed by atoms with Crippen molar-refractivity contribution in [1.29, 1.82) is 0 Å². The largest absolute Gasteiger partial charge is 0.463 e. The lowest BCUT2D eigenvalue weighted by atomic mass is 9.97. The van der Waals surface area contributed by atoms with Gasteiger partial charge in [0.2, 0.25) is 5.76 Å². The van der Waals surface area contributed by atoms with Crippen molar-refractivity contribution in [3.8, 4) is 0 Å². The normalized spacial score (nSPS) is 14.2. The van der Waals surface area contributed by atoms with Gasteiger partial charge in [-0.15, -0.1) is 0 Å². The number of carbonyl (C=O) groups is 1. The smallest absolute Gasteiger partial charge is 0.373 e. The predicted octanol–water partition coefficient (Wildman–Crippen LogP) is 3.15. The summed E-state index contributed by atoms with van der Waals surface area (Å²) in [6.07, 6.45) is 2.12. The highest BCUT2D eigenvalue weighted by atomic mass is 16.5. The van der Waals surface area contributed by atoms with Gasteiger partial charge in [0.25, 0.3) is 0 Å². The fourth-order valence-electron chi connectivity index (χ4n) is 1.85. The first-order valence-corrected chi connectivity index (χ1v) is 6.55. The van der Waals surface area contributed by atoms with Crippen LogP contribution in [0, 0.1) is 5.92 Å². The summed E-state index contributed by atoms with van der Waals surface area (Å²) in [7, 11) is 1.35. The van der Waals surface area contributed by atoms with Gasteiger partial charge in [0.1, 0.15) is 5.76 Å². The average molecular weight is 253 g/mol. The van der Waals surface area contributed by atoms with Crippen LogP contribution in [-0.2, 0) is 4.74 Å². The van der Waals surface area contributed by atoms with Crippen LogP contribution in [0.25, 0.3) is 0 Å². The minimum Gasteiger partial charge on any atom is -0.463 e. The molecule has 0 saturated carbocycles. The molecule has 0 fully saturated rings. The van der Waals surface area contributed by atoms with Crippen LogP contribution in [-0.4, -0.2) is 19.6 Å². The van der Waals surface area contributed by atoms with Crippen LogP contribution in [0.4, 0.5) is 0 Å². The van der Waals surface area contributed by atoms with E-state index in [9.17, 15) is 4.79 Å². The minimum absolute atomic E-state index is 0.147. The van der Waals surface area contributed by atoms with Crippen LogP contribution in [0.15, 0.2) is 16.5 Å². The summed E-state index contributed by atoms with van der Waals surface area (Å²) in [5.74, 6) is 1.09. The van der Waals surface area contributed by atoms with E-state index in [1.165, 1.54) is 7.11 Å². The molecule has 0 spiro atoms. The third-order valence-electron chi connectivity index (χ3n) is 3.15. The highest BCUT2D eigenvalue weighted by Crippen LogP contribution is 2.26. The Kier molecular flexibility index (Phi) is 5.92. The SMILES string of the molecule is CCCNC(c1ccc(C(=O)OC)o1)C(C)CC. The van der Waals surface area contributed by atoms with Gasteiger partial charge in [-0.25, -0.2) is 4.79 Å². The Labute approximate surface area is 109 Å². The van der Waals surface area contributed by atoms with Crippen molar-refractivity contribution < 1.29 is 13.9 Å². The highest BCUT2D eigenvalue weighted by Gasteiger charge is 2.22. The molecule has 1 aromatic rings. The van der Waals surface area contributed by atoms with Crippen LogP contribution < -0.4 is 5.32 Å². The van der Waals surface area contributed by atoms with E-state index in [4.69, 9.17) is 4.42 Å². The molecule has 1 N–H and O–H groups in total. The topological polar surface area (TPSA) is 51.5 Å². The summed E-state index contributed by atoms with van der Waals surface area (Å²) in [6, 6.07) is 3.67. The molecule has 4 heteroatoms. The highest BCUT2D eigenvalue weighted by molar-refractivity contribution is 5.86. The first-order chi connectivity index (χ1) is 8.63. The van der Waals surface area contributed by atoms with Gasteiger partial charge in [-0.2, -0.15) is 0 Å². The molecule has 0 bridgehead atoms. The van der Waals surface area contributed by atoms with Crippen LogP contribution in [0.3, 0.4) is 0 Å². The second-order valence-corrected chi connectivity index (χ2v) is 4.51. The van der Waals surface area contributed by atoms with E-state index >= 15 is 0 Å². The number of esters is 1. The Hall–Kier alpha value is -1.29. The zero-order valence-electron chi connectivity index (χ0n) is 11.7. The number of carbonyl (C=O) groups excluding carboxylic acids is 1. The average Bonchev–Trinajstić information content (AvgIpc) is 2.87. The number of hydrogen-bond acceptors (Lipinski definition) is 4. The van der Waals surface area contributed by atoms with Gasteiger partial charge in [0.15, 0.2) is 0 Å². The van der Waals surface area contributed by atoms with E-state index in [-0.39, 0.29) is 11.8 Å². The molecule has 0 aliphatic rings. The first-order valence-electron chi connectivity index (χ1n) is 6.55. The third-order valence-corrected chi connectivity index (χ3v) is 3.15. The van der Waals surface area contributed by atoms with Crippen molar-refractivity contribution in [1.82, 2.24) is 5.32 Å². The summed E-state index contributed by atoms with van der Waals surface area (Å²) in [6.45, 7) is 7.38. The molecule has 2 atom stereocenters. The third kappa shape index (κ3) is 3.60. The monoisotopic (exact) mass is 253 g/mol. The number of nitrogens with one attached hydrogen (secondary N) is 1. The molecular weight excluding hydrogens is 230 g/mol. The molecule has 0 aliphatic heterocycles. The number of ether oxygens (including phenoxy) is 1. The number of methoxy groups -OCH3 is 1. The standard InChI is InChI=1S/C14H23NO3/c1-5-9-15-13(10(3)6-2)11-7-8-12(18-11)14(16)17-4/h7-8,10,13,15H,5-6,9H2,1-4H3. The van der Waals surface area contributed by atoms with Gasteiger partial charge in [-0.3, -0.25) is 0 Å². The van der Waals surface area contributed by atoms with E-state index in [0.29, 0.717) is 5.92 Å². The molecule has 4 nitrogen and oxygen atoms in total. The van der Waals surface area contributed by atoms with Crippen LogP contribution in [0.1, 0.15) is 56.0 Å². The molecular formula is C14H23NO3. The van der Waals surface area contributed by atoms with Gasteiger partial charge in [0, 0.05) is 0 Å². The van der Waals surface area contributed by atoms with E-state index in [1.54, 1.807) is 6.07 Å². The van der Waals surface area contributed by atoms with Crippen molar-refractivity contribution in [2.24, 2.45) is 5.92 Å². The summed E-state index contributed by atoms with van der Waals surface area (Å²) < 4.78 is 10.2. The zero-order valence-corrected chi connectivity index (χ0v) is 11.7. The maximum Gasteiger partial charge on any atom is 0.373 e. The van der Waals surface area contributed by atoms with Crippen LogP contribution in [0.5, 0.6) is 0 Å². The minimum atomic E-state index is -0.431. The molecule has 0 amide bonds. The van der Waals surface area contributed by atoms with Crippen LogP contribution >= 0.6 is 0 Å². The summed E-state index contributed by atoms with van der Waals surface area (Å²) in [5, 5.41) is 3.46. The number of rotatable bonds is 7. The number of hydrogen-bond donors (Lipinski definition) is 1. The lowest BCUT2D eigenvalue weighted by Crippen LogP contribution is -2.27. The van der Waals surface area contributed by atoms with E-state index < -0.39 is 5.97 Å². The van der Waals surface area contributed by atoms with Crippen molar-refractivity contribution in [3.05, 3.63) is 23.7 Å². The maximum absolute atomic E-state index is 11.4. The fraction of sp³-hybridized carbons (Fsp3) is 0.643. The van der Waals surface area contributed by atoms with Crippen molar-refractivity contribution in [3.63, 3.8) is 0 Å². The van der Waals surface area contributed by atoms with Gasteiger partial charge >= 0.3 is 5.97 Å². The Morgan fingerprint density at radius 1 is 1.44 bits per heavy atom. The van der Waals surface area contributed by atoms with Gasteiger partial charge < -0.3 is 14.5 Å². The molecule has 0 saturated heterocycles. The maximum atomic E-state index is 11.4. The van der Waals surface area contributed by atoms with Crippen molar-refractivity contribution in [2.45, 2.75) is 39.7 Å². The molecule has 0 aliphatic carbocycles. The fourth-order valence-corrected chi connectivity index (χ4v) is 1.85. The number of furan rings is 1. The molecule has 2 unspecified atom stereocenters. The molecule has 18 heavy (non-hydrogen) atoms. The second-order valence-electron chi connectivity index (χ2n) is 4.51. The lowest BCUT2D eigenvalue weighted by molar-refractivity contribution is 0.0561. The molecule has 1 aromatic heterocycles. The molecule has 0 aromatic carbocycles. The summed E-state index contributed by atoms with van der Waals surface area (Å²) in [4.78, 5) is 11.4. The van der Waals surface area contributed by atoms with Gasteiger partial charge in [-0.05, 0) is 31.0 Å². The zero-order chi connectivity index (χ0) is 13.5. The molecule has 1 heterocycles. The van der Waals surface area contributed by atoms with Gasteiger partial charge in [-0.1, -0.05) is 27.2 Å². The quantitative estimate of drug-likeness (QED) is 0.758. The van der Waals surface area contributed by atoms with E-state index in [0.717, 1.165) is 25.1 Å². The van der Waals surface area contributed by atoms with Crippen molar-refractivity contribution in [2.75, 3.05) is 13.7 Å². The first kappa shape index (κ1) is 14.8. The Morgan fingerprint density at radius 2 is 2.17 bits per heavy atom. The van der Waals surface area contributed by atoms with E-state index in [2.05, 4.69) is 30.8 Å². The van der Waals surface area contributed by atoms with Crippen molar-refractivity contribution >= 4 is 5.97 Å². The Morgan fingerprint density at radius 3 is 2.72 bits per heavy atom. The predicted molar refractivity (Wildman–Crippen MR) is 70.5 cm³/mol. The summed E-state index contributed by atoms with van der Waals surface area (Å²) in [5.41, 5.74) is 0. The molecule has 102 valence electrons. The second kappa shape index (κ2) is 7.21. The molecule has 1 rings (SSSR count). The van der Waals surface area contributed by atoms with Crippen LogP contribution in [0.2, 0.25) is 0 Å². The Bertz CT molecular complexity index is 373. The lowest BCUT2D eigenvalue weighted by Gasteiger charge is -2.22. The summed E-state index contributed by atoms with van der Waals surface area (Å²) >= 11 is 0. The molecule has 0 radical (unpaired) electrons. The van der Waals surface area contributed by atoms with E-state index in [1.807, 2.05) is 6.07 Å².